The Morgan fingerprint density at radius 1 is 1.12 bits per heavy atom. The lowest BCUT2D eigenvalue weighted by Crippen LogP contribution is -1.82. The number of aliphatic imine (C=N–C) groups is 1. The summed E-state index contributed by atoms with van der Waals surface area (Å²) in [6.45, 7) is 2.12. The summed E-state index contributed by atoms with van der Waals surface area (Å²) in [6, 6.07) is 15.3. The van der Waals surface area contributed by atoms with Crippen molar-refractivity contribution >= 4 is 11.9 Å². The first kappa shape index (κ1) is 11.4. The van der Waals surface area contributed by atoms with E-state index >= 15 is 0 Å². The minimum absolute atomic E-state index is 0.253. The van der Waals surface area contributed by atoms with Crippen LogP contribution in [0.3, 0.4) is 0 Å². The molecule has 2 rings (SSSR count). The first-order valence-electron chi connectivity index (χ1n) is 5.70. The fourth-order valence-electron chi connectivity index (χ4n) is 1.60. The number of phenolic OH excluding ortho intramolecular Hbond substituents is 1. The van der Waals surface area contributed by atoms with Gasteiger partial charge in [-0.2, -0.15) is 0 Å². The molecule has 0 heterocycles. The van der Waals surface area contributed by atoms with Gasteiger partial charge in [-0.15, -0.1) is 0 Å². The minimum atomic E-state index is 0.253. The fraction of sp³-hybridized carbons (Fsp3) is 0.133. The van der Waals surface area contributed by atoms with Crippen molar-refractivity contribution in [2.24, 2.45) is 4.99 Å². The molecule has 1 N–H and O–H groups in total. The maximum atomic E-state index is 9.60. The van der Waals surface area contributed by atoms with E-state index in [2.05, 4.69) is 24.0 Å². The van der Waals surface area contributed by atoms with Crippen molar-refractivity contribution in [2.45, 2.75) is 13.3 Å². The molecule has 0 aliphatic carbocycles. The number of hydrogen-bond acceptors (Lipinski definition) is 2. The lowest BCUT2D eigenvalue weighted by atomic mass is 10.1. The third-order valence-electron chi connectivity index (χ3n) is 2.61. The first-order valence-corrected chi connectivity index (χ1v) is 5.70. The van der Waals surface area contributed by atoms with Crippen molar-refractivity contribution in [2.75, 3.05) is 0 Å². The molecule has 0 spiro atoms. The molecule has 0 saturated carbocycles. The first-order chi connectivity index (χ1) is 8.29. The number of rotatable bonds is 3. The number of phenols is 1. The van der Waals surface area contributed by atoms with E-state index < -0.39 is 0 Å². The van der Waals surface area contributed by atoms with Gasteiger partial charge in [0.05, 0.1) is 5.69 Å². The number of hydrogen-bond donors (Lipinski definition) is 1. The van der Waals surface area contributed by atoms with Gasteiger partial charge in [-0.3, -0.25) is 4.99 Å². The van der Waals surface area contributed by atoms with Crippen LogP contribution in [-0.4, -0.2) is 11.3 Å². The molecule has 0 fully saturated rings. The highest BCUT2D eigenvalue weighted by Crippen LogP contribution is 2.17. The largest absolute Gasteiger partial charge is 0.507 e. The summed E-state index contributed by atoms with van der Waals surface area (Å²) < 4.78 is 0. The molecule has 0 aliphatic heterocycles. The highest BCUT2D eigenvalue weighted by Gasteiger charge is 1.95. The summed E-state index contributed by atoms with van der Waals surface area (Å²) >= 11 is 0. The van der Waals surface area contributed by atoms with Crippen LogP contribution in [0, 0.1) is 0 Å². The van der Waals surface area contributed by atoms with Gasteiger partial charge in [-0.1, -0.05) is 31.2 Å². The van der Waals surface area contributed by atoms with Crippen LogP contribution in [0.4, 0.5) is 5.69 Å². The van der Waals surface area contributed by atoms with E-state index in [1.807, 2.05) is 24.3 Å². The molecule has 0 radical (unpaired) electrons. The molecule has 17 heavy (non-hydrogen) atoms. The number of para-hydroxylation sites is 1. The molecule has 0 aliphatic rings. The molecule has 0 amide bonds. The molecule has 86 valence electrons. The third kappa shape index (κ3) is 2.94. The quantitative estimate of drug-likeness (QED) is 0.793. The summed E-state index contributed by atoms with van der Waals surface area (Å²) in [7, 11) is 0. The zero-order valence-corrected chi connectivity index (χ0v) is 9.80. The summed E-state index contributed by atoms with van der Waals surface area (Å²) in [5.74, 6) is 0.253. The number of aryl methyl sites for hydroxylation is 1. The van der Waals surface area contributed by atoms with Crippen molar-refractivity contribution in [1.82, 2.24) is 0 Å². The molecule has 0 aromatic heterocycles. The van der Waals surface area contributed by atoms with Crippen molar-refractivity contribution < 1.29 is 5.11 Å². The van der Waals surface area contributed by atoms with Gasteiger partial charge < -0.3 is 5.11 Å². The highest BCUT2D eigenvalue weighted by atomic mass is 16.3. The van der Waals surface area contributed by atoms with Crippen LogP contribution in [0.5, 0.6) is 5.75 Å². The smallest absolute Gasteiger partial charge is 0.124 e. The molecule has 0 unspecified atom stereocenters. The molecule has 2 nitrogen and oxygen atoms in total. The van der Waals surface area contributed by atoms with Crippen LogP contribution in [0.1, 0.15) is 18.1 Å². The predicted octanol–water partition coefficient (Wildman–Crippen LogP) is 3.71. The molecule has 2 heteroatoms. The van der Waals surface area contributed by atoms with E-state index in [0.29, 0.717) is 0 Å². The Kier molecular flexibility index (Phi) is 3.55. The topological polar surface area (TPSA) is 32.6 Å². The van der Waals surface area contributed by atoms with Crippen LogP contribution >= 0.6 is 0 Å². The van der Waals surface area contributed by atoms with Crippen LogP contribution < -0.4 is 0 Å². The van der Waals surface area contributed by atoms with Crippen molar-refractivity contribution in [1.29, 1.82) is 0 Å². The molecular weight excluding hydrogens is 210 g/mol. The lowest BCUT2D eigenvalue weighted by molar-refractivity contribution is 0.474. The SMILES string of the molecule is CCc1cccc(/N=C/c2ccccc2O)c1. The molecule has 2 aromatic carbocycles. The van der Waals surface area contributed by atoms with Crippen LogP contribution in [0.2, 0.25) is 0 Å². The fourth-order valence-corrected chi connectivity index (χ4v) is 1.60. The number of benzene rings is 2. The van der Waals surface area contributed by atoms with E-state index in [1.54, 1.807) is 18.3 Å². The second kappa shape index (κ2) is 5.30. The van der Waals surface area contributed by atoms with E-state index in [1.165, 1.54) is 5.56 Å². The normalized spacial score (nSPS) is 10.9. The zero-order valence-electron chi connectivity index (χ0n) is 9.80. The van der Waals surface area contributed by atoms with Crippen LogP contribution in [0.15, 0.2) is 53.5 Å². The van der Waals surface area contributed by atoms with Crippen molar-refractivity contribution in [3.8, 4) is 5.75 Å². The van der Waals surface area contributed by atoms with Gasteiger partial charge in [0.1, 0.15) is 5.75 Å². The second-order valence-corrected chi connectivity index (χ2v) is 3.84. The predicted molar refractivity (Wildman–Crippen MR) is 71.2 cm³/mol. The van der Waals surface area contributed by atoms with Crippen molar-refractivity contribution in [3.05, 3.63) is 59.7 Å². The van der Waals surface area contributed by atoms with Gasteiger partial charge in [0, 0.05) is 11.8 Å². The second-order valence-electron chi connectivity index (χ2n) is 3.84. The minimum Gasteiger partial charge on any atom is -0.507 e. The third-order valence-corrected chi connectivity index (χ3v) is 2.61. The van der Waals surface area contributed by atoms with E-state index in [-0.39, 0.29) is 5.75 Å². The van der Waals surface area contributed by atoms with E-state index in [9.17, 15) is 5.11 Å². The monoisotopic (exact) mass is 225 g/mol. The van der Waals surface area contributed by atoms with Gasteiger partial charge >= 0.3 is 0 Å². The Bertz CT molecular complexity index is 532. The van der Waals surface area contributed by atoms with Gasteiger partial charge in [0.25, 0.3) is 0 Å². The molecule has 0 bridgehead atoms. The molecule has 0 saturated heterocycles. The van der Waals surface area contributed by atoms with E-state index in [4.69, 9.17) is 0 Å². The summed E-state index contributed by atoms with van der Waals surface area (Å²) in [4.78, 5) is 4.36. The van der Waals surface area contributed by atoms with Gasteiger partial charge in [-0.25, -0.2) is 0 Å². The summed E-state index contributed by atoms with van der Waals surface area (Å²) in [5.41, 5.74) is 2.90. The molecule has 2 aromatic rings. The van der Waals surface area contributed by atoms with Gasteiger partial charge in [0.15, 0.2) is 0 Å². The Balaban J connectivity index is 2.23. The maximum absolute atomic E-state index is 9.60. The summed E-state index contributed by atoms with van der Waals surface area (Å²) in [6.07, 6.45) is 2.68. The molecule has 0 atom stereocenters. The highest BCUT2D eigenvalue weighted by molar-refractivity contribution is 5.85. The Morgan fingerprint density at radius 2 is 1.94 bits per heavy atom. The molecular formula is C15H15NO. The Hall–Kier alpha value is -2.09. The standard InChI is InChI=1S/C15H15NO/c1-2-12-6-5-8-14(10-12)16-11-13-7-3-4-9-15(13)17/h3-11,17H,2H2,1H3/b16-11+. The average Bonchev–Trinajstić information content (AvgIpc) is 2.38. The number of aromatic hydroxyl groups is 1. The van der Waals surface area contributed by atoms with Crippen LogP contribution in [-0.2, 0) is 6.42 Å². The van der Waals surface area contributed by atoms with Crippen molar-refractivity contribution in [3.63, 3.8) is 0 Å². The van der Waals surface area contributed by atoms with Crippen LogP contribution in [0.25, 0.3) is 0 Å². The Labute approximate surface area is 101 Å². The average molecular weight is 225 g/mol. The maximum Gasteiger partial charge on any atom is 0.124 e. The van der Waals surface area contributed by atoms with Gasteiger partial charge in [-0.05, 0) is 36.2 Å². The zero-order chi connectivity index (χ0) is 12.1. The number of nitrogens with zero attached hydrogens (tertiary/aromatic N) is 1. The van der Waals surface area contributed by atoms with E-state index in [0.717, 1.165) is 17.7 Å². The van der Waals surface area contributed by atoms with Gasteiger partial charge in [0.2, 0.25) is 0 Å². The summed E-state index contributed by atoms with van der Waals surface area (Å²) in [5, 5.41) is 9.60. The Morgan fingerprint density at radius 3 is 2.71 bits per heavy atom. The lowest BCUT2D eigenvalue weighted by Gasteiger charge is -1.99.